The highest BCUT2D eigenvalue weighted by Crippen LogP contribution is 2.30. The summed E-state index contributed by atoms with van der Waals surface area (Å²) in [6.45, 7) is 2.93. The van der Waals surface area contributed by atoms with Gasteiger partial charge in [-0.05, 0) is 43.2 Å². The molecule has 8 heteroatoms. The molecule has 2 N–H and O–H groups in total. The van der Waals surface area contributed by atoms with Crippen molar-refractivity contribution < 1.29 is 13.2 Å². The molecule has 1 aromatic rings. The molecule has 2 fully saturated rings. The molecule has 22 heavy (non-hydrogen) atoms. The van der Waals surface area contributed by atoms with Crippen molar-refractivity contribution in [3.63, 3.8) is 0 Å². The number of nitrogens with zero attached hydrogens (tertiary/aromatic N) is 2. The van der Waals surface area contributed by atoms with Crippen LogP contribution in [0.2, 0.25) is 0 Å². The van der Waals surface area contributed by atoms with E-state index in [4.69, 9.17) is 5.73 Å². The number of nitrogens with two attached hydrogens (primary N) is 1. The second kappa shape index (κ2) is 6.27. The summed E-state index contributed by atoms with van der Waals surface area (Å²) in [5.74, 6) is 0.145. The zero-order valence-corrected chi connectivity index (χ0v) is 14.0. The standard InChI is InChI=1S/C14H21N3O3S2/c15-9-11-3-7-16(10-11)14(18)13-12(4-8-21-13)22(19,20)17-5-1-2-6-17/h4,8,11H,1-3,5-7,9-10,15H2. The van der Waals surface area contributed by atoms with Gasteiger partial charge in [0.1, 0.15) is 9.77 Å². The minimum atomic E-state index is -3.55. The number of amides is 1. The lowest BCUT2D eigenvalue weighted by molar-refractivity contribution is 0.0789. The quantitative estimate of drug-likeness (QED) is 0.882. The molecule has 3 rings (SSSR count). The highest BCUT2D eigenvalue weighted by molar-refractivity contribution is 7.89. The molecule has 0 saturated carbocycles. The summed E-state index contributed by atoms with van der Waals surface area (Å²) < 4.78 is 26.9. The Morgan fingerprint density at radius 1 is 1.32 bits per heavy atom. The maximum absolute atomic E-state index is 12.7. The van der Waals surface area contributed by atoms with Crippen molar-refractivity contribution in [3.05, 3.63) is 16.3 Å². The number of carbonyl (C=O) groups is 1. The molecule has 122 valence electrons. The Morgan fingerprint density at radius 2 is 2.05 bits per heavy atom. The lowest BCUT2D eigenvalue weighted by atomic mass is 10.1. The topological polar surface area (TPSA) is 83.7 Å². The lowest BCUT2D eigenvalue weighted by Gasteiger charge is -2.19. The van der Waals surface area contributed by atoms with Crippen LogP contribution in [0.25, 0.3) is 0 Å². The van der Waals surface area contributed by atoms with Crippen LogP contribution in [0, 0.1) is 5.92 Å². The SMILES string of the molecule is NCC1CCN(C(=O)c2sccc2S(=O)(=O)N2CCCC2)C1. The Labute approximate surface area is 134 Å². The fourth-order valence-corrected chi connectivity index (χ4v) is 5.96. The van der Waals surface area contributed by atoms with E-state index in [0.29, 0.717) is 43.5 Å². The van der Waals surface area contributed by atoms with Crippen LogP contribution >= 0.6 is 11.3 Å². The molecular weight excluding hydrogens is 322 g/mol. The summed E-state index contributed by atoms with van der Waals surface area (Å²) >= 11 is 1.21. The second-order valence-corrected chi connectivity index (χ2v) is 8.69. The van der Waals surface area contributed by atoms with Crippen molar-refractivity contribution >= 4 is 27.3 Å². The molecule has 6 nitrogen and oxygen atoms in total. The molecule has 1 atom stereocenters. The van der Waals surface area contributed by atoms with Crippen molar-refractivity contribution in [1.82, 2.24) is 9.21 Å². The summed E-state index contributed by atoms with van der Waals surface area (Å²) in [5.41, 5.74) is 5.66. The molecule has 2 aliphatic rings. The van der Waals surface area contributed by atoms with Crippen molar-refractivity contribution in [2.45, 2.75) is 24.2 Å². The lowest BCUT2D eigenvalue weighted by Crippen LogP contribution is -2.32. The molecule has 3 heterocycles. The van der Waals surface area contributed by atoms with Gasteiger partial charge >= 0.3 is 0 Å². The van der Waals surface area contributed by atoms with E-state index in [9.17, 15) is 13.2 Å². The van der Waals surface area contributed by atoms with Crippen LogP contribution in [0.1, 0.15) is 28.9 Å². The molecule has 1 amide bonds. The van der Waals surface area contributed by atoms with Crippen molar-refractivity contribution in [1.29, 1.82) is 0 Å². The van der Waals surface area contributed by atoms with Gasteiger partial charge in [0.15, 0.2) is 0 Å². The van der Waals surface area contributed by atoms with E-state index in [1.165, 1.54) is 15.6 Å². The second-order valence-electron chi connectivity index (χ2n) is 5.87. The van der Waals surface area contributed by atoms with Gasteiger partial charge in [-0.1, -0.05) is 0 Å². The molecule has 0 aliphatic carbocycles. The van der Waals surface area contributed by atoms with Gasteiger partial charge in [0.2, 0.25) is 10.0 Å². The summed E-state index contributed by atoms with van der Waals surface area (Å²) in [7, 11) is -3.55. The number of rotatable bonds is 4. The Morgan fingerprint density at radius 3 is 2.68 bits per heavy atom. The highest BCUT2D eigenvalue weighted by Gasteiger charge is 2.34. The molecule has 1 unspecified atom stereocenters. The number of likely N-dealkylation sites (tertiary alicyclic amines) is 1. The van der Waals surface area contributed by atoms with E-state index in [1.54, 1.807) is 16.3 Å². The minimum absolute atomic E-state index is 0.167. The largest absolute Gasteiger partial charge is 0.338 e. The van der Waals surface area contributed by atoms with Crippen molar-refractivity contribution in [3.8, 4) is 0 Å². The molecule has 0 aromatic carbocycles. The van der Waals surface area contributed by atoms with Gasteiger partial charge in [-0.2, -0.15) is 4.31 Å². The fraction of sp³-hybridized carbons (Fsp3) is 0.643. The molecule has 2 saturated heterocycles. The minimum Gasteiger partial charge on any atom is -0.338 e. The summed E-state index contributed by atoms with van der Waals surface area (Å²) in [6.07, 6.45) is 2.66. The van der Waals surface area contributed by atoms with Gasteiger partial charge in [0, 0.05) is 26.2 Å². The first-order valence-electron chi connectivity index (χ1n) is 7.61. The monoisotopic (exact) mass is 343 g/mol. The third-order valence-corrected chi connectivity index (χ3v) is 7.39. The van der Waals surface area contributed by atoms with Crippen molar-refractivity contribution in [2.24, 2.45) is 11.7 Å². The smallest absolute Gasteiger partial charge is 0.265 e. The third kappa shape index (κ3) is 2.80. The van der Waals surface area contributed by atoms with Gasteiger partial charge in [0.05, 0.1) is 0 Å². The van der Waals surface area contributed by atoms with E-state index in [1.807, 2.05) is 0 Å². The van der Waals surface area contributed by atoms with Crippen molar-refractivity contribution in [2.75, 3.05) is 32.7 Å². The molecular formula is C14H21N3O3S2. The van der Waals surface area contributed by atoms with Crippen LogP contribution in [0.15, 0.2) is 16.3 Å². The summed E-state index contributed by atoms with van der Waals surface area (Å²) in [4.78, 5) is 14.9. The number of thiophene rings is 1. The average molecular weight is 343 g/mol. The highest BCUT2D eigenvalue weighted by atomic mass is 32.2. The van der Waals surface area contributed by atoms with Gasteiger partial charge in [-0.25, -0.2) is 8.42 Å². The van der Waals surface area contributed by atoms with Crippen LogP contribution in [0.3, 0.4) is 0 Å². The van der Waals surface area contributed by atoms with Gasteiger partial charge in [-0.15, -0.1) is 11.3 Å². The molecule has 0 radical (unpaired) electrons. The van der Waals surface area contributed by atoms with E-state index < -0.39 is 10.0 Å². The number of hydrogen-bond donors (Lipinski definition) is 1. The third-order valence-electron chi connectivity index (χ3n) is 4.41. The van der Waals surface area contributed by atoms with Crippen LogP contribution in [0.4, 0.5) is 0 Å². The zero-order valence-electron chi connectivity index (χ0n) is 12.4. The number of carbonyl (C=O) groups excluding carboxylic acids is 1. The first-order valence-corrected chi connectivity index (χ1v) is 9.93. The van der Waals surface area contributed by atoms with E-state index >= 15 is 0 Å². The number of sulfonamides is 1. The Kier molecular flexibility index (Phi) is 4.54. The molecule has 0 bridgehead atoms. The van der Waals surface area contributed by atoms with E-state index in [-0.39, 0.29) is 10.8 Å². The fourth-order valence-electron chi connectivity index (χ4n) is 3.08. The van der Waals surface area contributed by atoms with E-state index in [2.05, 4.69) is 0 Å². The first kappa shape index (κ1) is 15.9. The molecule has 0 spiro atoms. The molecule has 1 aromatic heterocycles. The van der Waals surface area contributed by atoms with Crippen LogP contribution in [0.5, 0.6) is 0 Å². The predicted molar refractivity (Wildman–Crippen MR) is 85.4 cm³/mol. The zero-order chi connectivity index (χ0) is 15.7. The normalized spacial score (nSPS) is 23.3. The van der Waals surface area contributed by atoms with Gasteiger partial charge in [0.25, 0.3) is 5.91 Å². The first-order chi connectivity index (χ1) is 10.5. The average Bonchev–Trinajstić information content (AvgIpc) is 3.26. The Balaban J connectivity index is 1.84. The van der Waals surface area contributed by atoms with Gasteiger partial charge in [-0.3, -0.25) is 4.79 Å². The number of hydrogen-bond acceptors (Lipinski definition) is 5. The maximum atomic E-state index is 12.7. The van der Waals surface area contributed by atoms with Crippen LogP contribution < -0.4 is 5.73 Å². The van der Waals surface area contributed by atoms with Crippen LogP contribution in [-0.4, -0.2) is 56.3 Å². The molecule has 2 aliphatic heterocycles. The maximum Gasteiger partial charge on any atom is 0.265 e. The predicted octanol–water partition coefficient (Wildman–Crippen LogP) is 0.953. The Hall–Kier alpha value is -0.960. The summed E-state index contributed by atoms with van der Waals surface area (Å²) in [5, 5.41) is 1.69. The van der Waals surface area contributed by atoms with E-state index in [0.717, 1.165) is 19.3 Å². The van der Waals surface area contributed by atoms with Crippen LogP contribution in [-0.2, 0) is 10.0 Å². The Bertz CT molecular complexity index is 650. The summed E-state index contributed by atoms with van der Waals surface area (Å²) in [6, 6.07) is 1.56. The van der Waals surface area contributed by atoms with Gasteiger partial charge < -0.3 is 10.6 Å².